The molecule has 1 rings (SSSR count). The first-order valence-corrected chi connectivity index (χ1v) is 6.37. The van der Waals surface area contributed by atoms with Crippen LogP contribution in [-0.2, 0) is 4.79 Å². The highest BCUT2D eigenvalue weighted by Crippen LogP contribution is 2.13. The van der Waals surface area contributed by atoms with Gasteiger partial charge in [0.05, 0.1) is 10.7 Å². The van der Waals surface area contributed by atoms with Gasteiger partial charge in [-0.3, -0.25) is 4.79 Å². The van der Waals surface area contributed by atoms with Crippen LogP contribution in [0.2, 0.25) is 0 Å². The molecule has 0 saturated carbocycles. The third-order valence-corrected chi connectivity index (χ3v) is 3.21. The van der Waals surface area contributed by atoms with E-state index in [9.17, 15) is 4.79 Å². The van der Waals surface area contributed by atoms with Gasteiger partial charge in [-0.05, 0) is 18.6 Å². The fraction of sp³-hybridized carbons (Fsp3) is 0.273. The van der Waals surface area contributed by atoms with Crippen molar-refractivity contribution in [1.82, 2.24) is 0 Å². The first-order valence-electron chi connectivity index (χ1n) is 4.81. The summed E-state index contributed by atoms with van der Waals surface area (Å²) in [6.45, 7) is 1.96. The molecule has 0 saturated heterocycles. The van der Waals surface area contributed by atoms with Gasteiger partial charge in [0.2, 0.25) is 5.91 Å². The van der Waals surface area contributed by atoms with E-state index in [1.807, 2.05) is 31.2 Å². The molecule has 0 heterocycles. The fourth-order valence-electron chi connectivity index (χ4n) is 1.14. The van der Waals surface area contributed by atoms with E-state index < -0.39 is 0 Å². The van der Waals surface area contributed by atoms with Crippen molar-refractivity contribution in [3.05, 3.63) is 29.8 Å². The van der Waals surface area contributed by atoms with Crippen LogP contribution >= 0.6 is 24.0 Å². The van der Waals surface area contributed by atoms with Crippen LogP contribution in [0.1, 0.15) is 5.56 Å². The van der Waals surface area contributed by atoms with Crippen molar-refractivity contribution in [2.24, 2.45) is 5.73 Å². The van der Waals surface area contributed by atoms with E-state index in [0.29, 0.717) is 16.5 Å². The van der Waals surface area contributed by atoms with E-state index >= 15 is 0 Å². The molecular formula is C11H14N2OS2. The monoisotopic (exact) mass is 254 g/mol. The summed E-state index contributed by atoms with van der Waals surface area (Å²) in [7, 11) is 0. The normalized spacial score (nSPS) is 9.81. The number of para-hydroxylation sites is 1. The lowest BCUT2D eigenvalue weighted by Gasteiger charge is -2.07. The number of hydrogen-bond donors (Lipinski definition) is 2. The molecule has 0 unspecified atom stereocenters. The molecule has 0 bridgehead atoms. The molecule has 0 spiro atoms. The van der Waals surface area contributed by atoms with E-state index in [1.165, 1.54) is 11.8 Å². The van der Waals surface area contributed by atoms with Crippen molar-refractivity contribution < 1.29 is 4.79 Å². The Labute approximate surface area is 105 Å². The predicted molar refractivity (Wildman–Crippen MR) is 73.9 cm³/mol. The summed E-state index contributed by atoms with van der Waals surface area (Å²) in [6.07, 6.45) is 0. The van der Waals surface area contributed by atoms with Crippen molar-refractivity contribution >= 4 is 40.6 Å². The topological polar surface area (TPSA) is 55.1 Å². The summed E-state index contributed by atoms with van der Waals surface area (Å²) >= 11 is 6.14. The quantitative estimate of drug-likeness (QED) is 0.789. The highest BCUT2D eigenvalue weighted by Gasteiger charge is 2.04. The molecule has 1 aromatic carbocycles. The zero-order chi connectivity index (χ0) is 12.0. The van der Waals surface area contributed by atoms with Crippen LogP contribution < -0.4 is 11.1 Å². The Morgan fingerprint density at radius 2 is 2.12 bits per heavy atom. The predicted octanol–water partition coefficient (Wildman–Crippen LogP) is 1.95. The SMILES string of the molecule is Cc1ccccc1NC(=O)CSCC(N)=S. The number of carbonyl (C=O) groups excluding carboxylic acids is 1. The second-order valence-electron chi connectivity index (χ2n) is 3.32. The summed E-state index contributed by atoms with van der Waals surface area (Å²) in [4.78, 5) is 12.0. The van der Waals surface area contributed by atoms with Crippen LogP contribution in [0.15, 0.2) is 24.3 Å². The van der Waals surface area contributed by atoms with Crippen LogP contribution in [-0.4, -0.2) is 22.4 Å². The Morgan fingerprint density at radius 1 is 1.44 bits per heavy atom. The zero-order valence-electron chi connectivity index (χ0n) is 9.03. The lowest BCUT2D eigenvalue weighted by Crippen LogP contribution is -2.17. The van der Waals surface area contributed by atoms with Crippen molar-refractivity contribution in [3.8, 4) is 0 Å². The molecular weight excluding hydrogens is 240 g/mol. The summed E-state index contributed by atoms with van der Waals surface area (Å²) in [5, 5.41) is 2.84. The molecule has 5 heteroatoms. The number of aryl methyl sites for hydroxylation is 1. The van der Waals surface area contributed by atoms with E-state index in [0.717, 1.165) is 11.3 Å². The number of thiocarbonyl (C=S) groups is 1. The van der Waals surface area contributed by atoms with Crippen molar-refractivity contribution in [3.63, 3.8) is 0 Å². The summed E-state index contributed by atoms with van der Waals surface area (Å²) < 4.78 is 0. The Hall–Kier alpha value is -1.07. The second-order valence-corrected chi connectivity index (χ2v) is 4.83. The first kappa shape index (κ1) is 13.0. The van der Waals surface area contributed by atoms with E-state index in [1.54, 1.807) is 0 Å². The van der Waals surface area contributed by atoms with Crippen molar-refractivity contribution in [2.45, 2.75) is 6.92 Å². The zero-order valence-corrected chi connectivity index (χ0v) is 10.7. The Morgan fingerprint density at radius 3 is 2.75 bits per heavy atom. The fourth-order valence-corrected chi connectivity index (χ4v) is 1.95. The highest BCUT2D eigenvalue weighted by molar-refractivity contribution is 8.01. The summed E-state index contributed by atoms with van der Waals surface area (Å²) in [5.41, 5.74) is 7.24. The first-order chi connectivity index (χ1) is 7.59. The van der Waals surface area contributed by atoms with Crippen LogP contribution in [0.4, 0.5) is 5.69 Å². The van der Waals surface area contributed by atoms with Gasteiger partial charge in [0.25, 0.3) is 0 Å². The van der Waals surface area contributed by atoms with Gasteiger partial charge in [0.15, 0.2) is 0 Å². The van der Waals surface area contributed by atoms with Gasteiger partial charge in [-0.1, -0.05) is 30.4 Å². The number of anilines is 1. The van der Waals surface area contributed by atoms with Crippen LogP contribution in [0, 0.1) is 6.92 Å². The number of thioether (sulfide) groups is 1. The third kappa shape index (κ3) is 4.63. The average Bonchev–Trinajstić information content (AvgIpc) is 2.21. The largest absolute Gasteiger partial charge is 0.393 e. The highest BCUT2D eigenvalue weighted by atomic mass is 32.2. The number of rotatable bonds is 5. The molecule has 0 aliphatic heterocycles. The number of amides is 1. The van der Waals surface area contributed by atoms with Gasteiger partial charge in [0.1, 0.15) is 0 Å². The lowest BCUT2D eigenvalue weighted by molar-refractivity contribution is -0.113. The maximum atomic E-state index is 11.5. The van der Waals surface area contributed by atoms with Gasteiger partial charge in [0, 0.05) is 11.4 Å². The summed E-state index contributed by atoms with van der Waals surface area (Å²) in [6, 6.07) is 7.67. The standard InChI is InChI=1S/C11H14N2OS2/c1-8-4-2-3-5-9(8)13-11(14)7-16-6-10(12)15/h2-5H,6-7H2,1H3,(H2,12,15)(H,13,14). The molecule has 1 amide bonds. The molecule has 0 atom stereocenters. The third-order valence-electron chi connectivity index (χ3n) is 1.90. The molecule has 0 aliphatic carbocycles. The van der Waals surface area contributed by atoms with E-state index in [4.69, 9.17) is 18.0 Å². The Balaban J connectivity index is 2.40. The number of carbonyl (C=O) groups is 1. The molecule has 86 valence electrons. The van der Waals surface area contributed by atoms with E-state index in [-0.39, 0.29) is 5.91 Å². The Bertz CT molecular complexity index is 393. The minimum Gasteiger partial charge on any atom is -0.393 e. The van der Waals surface area contributed by atoms with Crippen molar-refractivity contribution in [2.75, 3.05) is 16.8 Å². The van der Waals surface area contributed by atoms with E-state index in [2.05, 4.69) is 5.32 Å². The average molecular weight is 254 g/mol. The molecule has 0 aromatic heterocycles. The number of hydrogen-bond acceptors (Lipinski definition) is 3. The van der Waals surface area contributed by atoms with Crippen LogP contribution in [0.3, 0.4) is 0 Å². The minimum atomic E-state index is -0.0319. The molecule has 3 nitrogen and oxygen atoms in total. The van der Waals surface area contributed by atoms with Gasteiger partial charge >= 0.3 is 0 Å². The molecule has 0 fully saturated rings. The van der Waals surface area contributed by atoms with Gasteiger partial charge in [-0.2, -0.15) is 0 Å². The van der Waals surface area contributed by atoms with Gasteiger partial charge in [-0.25, -0.2) is 0 Å². The Kier molecular flexibility index (Phi) is 5.28. The summed E-state index contributed by atoms with van der Waals surface area (Å²) in [5.74, 6) is 0.873. The smallest absolute Gasteiger partial charge is 0.234 e. The molecule has 16 heavy (non-hydrogen) atoms. The number of nitrogens with two attached hydrogens (primary N) is 1. The number of benzene rings is 1. The molecule has 0 radical (unpaired) electrons. The number of nitrogens with one attached hydrogen (secondary N) is 1. The molecule has 1 aromatic rings. The van der Waals surface area contributed by atoms with Crippen LogP contribution in [0.5, 0.6) is 0 Å². The van der Waals surface area contributed by atoms with Gasteiger partial charge in [-0.15, -0.1) is 11.8 Å². The maximum absolute atomic E-state index is 11.5. The van der Waals surface area contributed by atoms with Gasteiger partial charge < -0.3 is 11.1 Å². The minimum absolute atomic E-state index is 0.0319. The lowest BCUT2D eigenvalue weighted by atomic mass is 10.2. The molecule has 3 N–H and O–H groups in total. The molecule has 0 aliphatic rings. The second kappa shape index (κ2) is 6.50. The van der Waals surface area contributed by atoms with Crippen molar-refractivity contribution in [1.29, 1.82) is 0 Å². The maximum Gasteiger partial charge on any atom is 0.234 e. The van der Waals surface area contributed by atoms with Crippen LogP contribution in [0.25, 0.3) is 0 Å².